The lowest BCUT2D eigenvalue weighted by atomic mass is 10.0. The molecule has 6 heteroatoms. The quantitative estimate of drug-likeness (QED) is 0.896. The van der Waals surface area contributed by atoms with Gasteiger partial charge in [0.1, 0.15) is 23.0 Å². The third-order valence-corrected chi connectivity index (χ3v) is 3.23. The first-order valence-corrected chi connectivity index (χ1v) is 5.88. The molecule has 1 aliphatic rings. The van der Waals surface area contributed by atoms with E-state index in [0.717, 1.165) is 6.42 Å². The topological polar surface area (TPSA) is 52.9 Å². The molecular weight excluding hydrogens is 257 g/mol. The highest BCUT2D eigenvalue weighted by Crippen LogP contribution is 2.25. The molecule has 0 radical (unpaired) electrons. The summed E-state index contributed by atoms with van der Waals surface area (Å²) in [7, 11) is 0. The highest BCUT2D eigenvalue weighted by molar-refractivity contribution is 5.95. The first kappa shape index (κ1) is 13.4. The predicted molar refractivity (Wildman–Crippen MR) is 60.5 cm³/mol. The molecule has 0 bridgehead atoms. The number of carbonyl (C=O) groups is 1. The highest BCUT2D eigenvalue weighted by Gasteiger charge is 2.30. The summed E-state index contributed by atoms with van der Waals surface area (Å²) in [6, 6.07) is 2.54. The Kier molecular flexibility index (Phi) is 3.74. The Labute approximate surface area is 108 Å². The lowest BCUT2D eigenvalue weighted by molar-refractivity contribution is 0.0924. The van der Waals surface area contributed by atoms with Crippen LogP contribution in [-0.4, -0.2) is 11.9 Å². The fraction of sp³-hybridized carbons (Fsp3) is 0.385. The zero-order valence-electron chi connectivity index (χ0n) is 9.92. The lowest BCUT2D eigenvalue weighted by Gasteiger charge is -2.16. The van der Waals surface area contributed by atoms with Gasteiger partial charge < -0.3 is 5.32 Å². The van der Waals surface area contributed by atoms with Gasteiger partial charge in [-0.25, -0.2) is 13.2 Å². The van der Waals surface area contributed by atoms with Crippen molar-refractivity contribution in [1.82, 2.24) is 5.32 Å². The molecule has 0 saturated heterocycles. The van der Waals surface area contributed by atoms with Crippen molar-refractivity contribution in [2.24, 2.45) is 5.92 Å². The Morgan fingerprint density at radius 1 is 1.26 bits per heavy atom. The molecule has 1 aromatic carbocycles. The molecule has 0 aromatic heterocycles. The number of nitriles is 1. The zero-order chi connectivity index (χ0) is 14.0. The molecule has 1 saturated carbocycles. The van der Waals surface area contributed by atoms with Gasteiger partial charge in [0, 0.05) is 18.2 Å². The van der Waals surface area contributed by atoms with Crippen molar-refractivity contribution in [2.45, 2.75) is 25.3 Å². The Balaban J connectivity index is 2.19. The summed E-state index contributed by atoms with van der Waals surface area (Å²) in [4.78, 5) is 11.8. The van der Waals surface area contributed by atoms with Crippen LogP contribution in [0.3, 0.4) is 0 Å². The minimum Gasteiger partial charge on any atom is -0.348 e. The third kappa shape index (κ3) is 2.70. The van der Waals surface area contributed by atoms with Crippen LogP contribution >= 0.6 is 0 Å². The van der Waals surface area contributed by atoms with Crippen LogP contribution in [0.15, 0.2) is 12.1 Å². The average Bonchev–Trinajstić information content (AvgIpc) is 2.74. The third-order valence-electron chi connectivity index (χ3n) is 3.23. The molecule has 1 amide bonds. The molecule has 1 aliphatic carbocycles. The van der Waals surface area contributed by atoms with Crippen LogP contribution in [0.5, 0.6) is 0 Å². The Morgan fingerprint density at radius 2 is 1.89 bits per heavy atom. The van der Waals surface area contributed by atoms with Crippen molar-refractivity contribution in [3.63, 3.8) is 0 Å². The largest absolute Gasteiger partial charge is 0.348 e. The van der Waals surface area contributed by atoms with Gasteiger partial charge in [-0.2, -0.15) is 5.26 Å². The Bertz CT molecular complexity index is 530. The van der Waals surface area contributed by atoms with Gasteiger partial charge in [-0.05, 0) is 19.3 Å². The van der Waals surface area contributed by atoms with Crippen LogP contribution < -0.4 is 5.32 Å². The summed E-state index contributed by atoms with van der Waals surface area (Å²) >= 11 is 0. The van der Waals surface area contributed by atoms with Crippen molar-refractivity contribution in [1.29, 1.82) is 5.26 Å². The number of carbonyl (C=O) groups excluding carboxylic acids is 1. The minimum absolute atomic E-state index is 0.351. The van der Waals surface area contributed by atoms with E-state index in [4.69, 9.17) is 5.26 Å². The van der Waals surface area contributed by atoms with Crippen molar-refractivity contribution in [3.8, 4) is 6.07 Å². The van der Waals surface area contributed by atoms with E-state index in [2.05, 4.69) is 5.32 Å². The SMILES string of the molecule is N#CC1CCCC1NC(=O)c1c(F)cc(F)cc1F. The summed E-state index contributed by atoms with van der Waals surface area (Å²) in [5, 5.41) is 11.3. The second kappa shape index (κ2) is 5.31. The number of amides is 1. The molecule has 0 spiro atoms. The number of rotatable bonds is 2. The summed E-state index contributed by atoms with van der Waals surface area (Å²) in [6.45, 7) is 0. The van der Waals surface area contributed by atoms with E-state index in [1.807, 2.05) is 6.07 Å². The van der Waals surface area contributed by atoms with Gasteiger partial charge in [0.2, 0.25) is 0 Å². The summed E-state index contributed by atoms with van der Waals surface area (Å²) in [5.74, 6) is -4.89. The molecule has 2 atom stereocenters. The van der Waals surface area contributed by atoms with Gasteiger partial charge >= 0.3 is 0 Å². The maximum absolute atomic E-state index is 13.4. The number of hydrogen-bond donors (Lipinski definition) is 1. The van der Waals surface area contributed by atoms with Crippen LogP contribution in [0.1, 0.15) is 29.6 Å². The van der Waals surface area contributed by atoms with Crippen LogP contribution in [-0.2, 0) is 0 Å². The number of hydrogen-bond acceptors (Lipinski definition) is 2. The first-order valence-electron chi connectivity index (χ1n) is 5.88. The number of halogens is 3. The summed E-state index contributed by atoms with van der Waals surface area (Å²) in [5.41, 5.74) is -0.815. The van der Waals surface area contributed by atoms with Crippen LogP contribution in [0.25, 0.3) is 0 Å². The van der Waals surface area contributed by atoms with Crippen LogP contribution in [0.2, 0.25) is 0 Å². The standard InChI is InChI=1S/C13H11F3N2O/c14-8-4-9(15)12(10(16)5-8)13(19)18-11-3-1-2-7(11)6-17/h4-5,7,11H,1-3H2,(H,18,19). The van der Waals surface area contributed by atoms with Gasteiger partial charge in [-0.1, -0.05) is 0 Å². The van der Waals surface area contributed by atoms with E-state index in [-0.39, 0.29) is 5.92 Å². The Hall–Kier alpha value is -2.03. The van der Waals surface area contributed by atoms with E-state index < -0.39 is 35.0 Å². The summed E-state index contributed by atoms with van der Waals surface area (Å²) in [6.07, 6.45) is 2.02. The molecular formula is C13H11F3N2O. The monoisotopic (exact) mass is 268 g/mol. The van der Waals surface area contributed by atoms with Gasteiger partial charge in [-0.3, -0.25) is 4.79 Å². The maximum Gasteiger partial charge on any atom is 0.257 e. The minimum atomic E-state index is -1.25. The van der Waals surface area contributed by atoms with Gasteiger partial charge in [0.25, 0.3) is 5.91 Å². The number of benzene rings is 1. The van der Waals surface area contributed by atoms with E-state index >= 15 is 0 Å². The van der Waals surface area contributed by atoms with E-state index in [1.54, 1.807) is 0 Å². The van der Waals surface area contributed by atoms with Crippen molar-refractivity contribution < 1.29 is 18.0 Å². The van der Waals surface area contributed by atoms with Gasteiger partial charge in [0.05, 0.1) is 12.0 Å². The molecule has 1 aromatic rings. The molecule has 1 N–H and O–H groups in total. The van der Waals surface area contributed by atoms with Crippen molar-refractivity contribution in [3.05, 3.63) is 35.1 Å². The van der Waals surface area contributed by atoms with Crippen LogP contribution in [0.4, 0.5) is 13.2 Å². The molecule has 100 valence electrons. The summed E-state index contributed by atoms with van der Waals surface area (Å²) < 4.78 is 39.6. The average molecular weight is 268 g/mol. The number of nitrogens with one attached hydrogen (secondary N) is 1. The molecule has 1 fully saturated rings. The molecule has 0 aliphatic heterocycles. The lowest BCUT2D eigenvalue weighted by Crippen LogP contribution is -2.37. The molecule has 0 heterocycles. The normalized spacial score (nSPS) is 22.0. The zero-order valence-corrected chi connectivity index (χ0v) is 9.92. The van der Waals surface area contributed by atoms with E-state index in [9.17, 15) is 18.0 Å². The smallest absolute Gasteiger partial charge is 0.257 e. The van der Waals surface area contributed by atoms with Gasteiger partial charge in [-0.15, -0.1) is 0 Å². The highest BCUT2D eigenvalue weighted by atomic mass is 19.1. The van der Waals surface area contributed by atoms with Gasteiger partial charge in [0.15, 0.2) is 0 Å². The maximum atomic E-state index is 13.4. The second-order valence-electron chi connectivity index (χ2n) is 4.49. The van der Waals surface area contributed by atoms with E-state index in [0.29, 0.717) is 25.0 Å². The molecule has 19 heavy (non-hydrogen) atoms. The van der Waals surface area contributed by atoms with Crippen molar-refractivity contribution >= 4 is 5.91 Å². The molecule has 3 nitrogen and oxygen atoms in total. The van der Waals surface area contributed by atoms with E-state index in [1.165, 1.54) is 0 Å². The Morgan fingerprint density at radius 3 is 2.47 bits per heavy atom. The first-order chi connectivity index (χ1) is 9.02. The molecule has 2 unspecified atom stereocenters. The fourth-order valence-corrected chi connectivity index (χ4v) is 2.29. The predicted octanol–water partition coefficient (Wildman–Crippen LogP) is 2.53. The van der Waals surface area contributed by atoms with Crippen LogP contribution in [0, 0.1) is 34.7 Å². The number of nitrogens with zero attached hydrogens (tertiary/aromatic N) is 1. The second-order valence-corrected chi connectivity index (χ2v) is 4.49. The fourth-order valence-electron chi connectivity index (χ4n) is 2.29. The molecule has 2 rings (SSSR count). The van der Waals surface area contributed by atoms with Crippen molar-refractivity contribution in [2.75, 3.05) is 0 Å².